The first-order valence-electron chi connectivity index (χ1n) is 11.0. The Hall–Kier alpha value is -3.99. The van der Waals surface area contributed by atoms with Crippen LogP contribution in [0.1, 0.15) is 33.0 Å². The highest BCUT2D eigenvalue weighted by molar-refractivity contribution is 9.10. The highest BCUT2D eigenvalue weighted by atomic mass is 79.9. The topological polar surface area (TPSA) is 76.0 Å². The second-order valence-electron chi connectivity index (χ2n) is 8.35. The van der Waals surface area contributed by atoms with Crippen molar-refractivity contribution in [3.63, 3.8) is 0 Å². The van der Waals surface area contributed by atoms with Crippen molar-refractivity contribution < 1.29 is 27.2 Å². The summed E-state index contributed by atoms with van der Waals surface area (Å²) in [6.07, 6.45) is -4.64. The molecule has 2 heterocycles. The first kappa shape index (κ1) is 24.7. The summed E-state index contributed by atoms with van der Waals surface area (Å²) in [5, 5.41) is 9.85. The first-order chi connectivity index (χ1) is 17.6. The minimum Gasteiger partial charge on any atom is -0.339 e. The maximum Gasteiger partial charge on any atom is 0.416 e. The van der Waals surface area contributed by atoms with Gasteiger partial charge in [0.05, 0.1) is 11.3 Å². The SMILES string of the molecule is O=C(N[C@H]1C(=O)Nc2c(c(Br)nn2-c2ccccc2)[C@H]1c1ccc(F)cc1)c1cccc(C(F)(F)F)c1. The predicted molar refractivity (Wildman–Crippen MR) is 131 cm³/mol. The number of rotatable bonds is 4. The molecule has 2 atom stereocenters. The Balaban J connectivity index is 1.59. The summed E-state index contributed by atoms with van der Waals surface area (Å²) < 4.78 is 55.2. The molecule has 0 radical (unpaired) electrons. The normalized spacial score (nSPS) is 17.2. The van der Waals surface area contributed by atoms with E-state index in [1.807, 2.05) is 6.07 Å². The van der Waals surface area contributed by atoms with Crippen molar-refractivity contribution in [1.29, 1.82) is 0 Å². The summed E-state index contributed by atoms with van der Waals surface area (Å²) in [5.74, 6) is -2.44. The number of hydrogen-bond donors (Lipinski definition) is 2. The molecule has 4 aromatic rings. The average Bonchev–Trinajstić information content (AvgIpc) is 3.20. The number of fused-ring (bicyclic) bond motifs is 1. The largest absolute Gasteiger partial charge is 0.416 e. The van der Waals surface area contributed by atoms with E-state index in [0.29, 0.717) is 27.2 Å². The fourth-order valence-corrected chi connectivity index (χ4v) is 4.90. The predicted octanol–water partition coefficient (Wildman–Crippen LogP) is 5.68. The number of carbonyl (C=O) groups is 2. The van der Waals surface area contributed by atoms with Gasteiger partial charge in [-0.25, -0.2) is 9.07 Å². The molecular weight excluding hydrogens is 556 g/mol. The number of anilines is 1. The van der Waals surface area contributed by atoms with Crippen molar-refractivity contribution in [2.45, 2.75) is 18.1 Å². The zero-order chi connectivity index (χ0) is 26.3. The van der Waals surface area contributed by atoms with Gasteiger partial charge in [-0.15, -0.1) is 0 Å². The Bertz CT molecular complexity index is 1490. The smallest absolute Gasteiger partial charge is 0.339 e. The standard InChI is InChI=1S/C26H17BrF4N4O2/c27-22-20-19(14-9-11-17(28)12-10-14)21(32-24(36)15-5-4-6-16(13-15)26(29,30)31)25(37)33-23(20)35(34-22)18-7-2-1-3-8-18/h1-13,19,21H,(H,32,36)(H,33,37)/t19-,21-/m1/s1. The van der Waals surface area contributed by atoms with Gasteiger partial charge in [0.2, 0.25) is 5.91 Å². The van der Waals surface area contributed by atoms with Gasteiger partial charge in [0, 0.05) is 17.0 Å². The molecule has 188 valence electrons. The minimum atomic E-state index is -4.64. The van der Waals surface area contributed by atoms with Crippen LogP contribution < -0.4 is 10.6 Å². The van der Waals surface area contributed by atoms with Crippen molar-refractivity contribution in [3.05, 3.63) is 112 Å². The number of nitrogens with one attached hydrogen (secondary N) is 2. The number of hydrogen-bond acceptors (Lipinski definition) is 3. The second-order valence-corrected chi connectivity index (χ2v) is 9.10. The number of benzene rings is 3. The molecule has 5 rings (SSSR count). The molecule has 0 saturated carbocycles. The molecule has 37 heavy (non-hydrogen) atoms. The molecule has 0 bridgehead atoms. The number of para-hydroxylation sites is 1. The molecule has 0 fully saturated rings. The maximum atomic E-state index is 13.7. The Labute approximate surface area is 216 Å². The van der Waals surface area contributed by atoms with E-state index in [0.717, 1.165) is 18.2 Å². The minimum absolute atomic E-state index is 0.259. The zero-order valence-electron chi connectivity index (χ0n) is 18.8. The highest BCUT2D eigenvalue weighted by Crippen LogP contribution is 2.42. The van der Waals surface area contributed by atoms with Gasteiger partial charge < -0.3 is 10.6 Å². The molecule has 6 nitrogen and oxygen atoms in total. The summed E-state index contributed by atoms with van der Waals surface area (Å²) in [6.45, 7) is 0. The average molecular weight is 573 g/mol. The van der Waals surface area contributed by atoms with Crippen LogP contribution in [0.2, 0.25) is 0 Å². The van der Waals surface area contributed by atoms with Crippen LogP contribution in [-0.4, -0.2) is 27.6 Å². The monoisotopic (exact) mass is 572 g/mol. The summed E-state index contributed by atoms with van der Waals surface area (Å²) in [5.41, 5.74) is 0.432. The summed E-state index contributed by atoms with van der Waals surface area (Å²) >= 11 is 3.45. The molecule has 0 spiro atoms. The number of amides is 2. The van der Waals surface area contributed by atoms with Crippen LogP contribution in [0, 0.1) is 5.82 Å². The zero-order valence-corrected chi connectivity index (χ0v) is 20.3. The number of alkyl halides is 3. The Morgan fingerprint density at radius 3 is 2.38 bits per heavy atom. The van der Waals surface area contributed by atoms with E-state index in [1.165, 1.54) is 35.0 Å². The molecule has 0 unspecified atom stereocenters. The second kappa shape index (κ2) is 9.47. The lowest BCUT2D eigenvalue weighted by Crippen LogP contribution is -2.50. The van der Waals surface area contributed by atoms with Crippen molar-refractivity contribution >= 4 is 33.6 Å². The van der Waals surface area contributed by atoms with Crippen molar-refractivity contribution in [3.8, 4) is 5.69 Å². The summed E-state index contributed by atoms with van der Waals surface area (Å²) in [6, 6.07) is 17.1. The van der Waals surface area contributed by atoms with Gasteiger partial charge in [0.15, 0.2) is 0 Å². The number of nitrogens with zero attached hydrogens (tertiary/aromatic N) is 2. The molecule has 1 aliphatic rings. The highest BCUT2D eigenvalue weighted by Gasteiger charge is 2.42. The molecule has 1 aliphatic heterocycles. The van der Waals surface area contributed by atoms with E-state index in [9.17, 15) is 27.2 Å². The van der Waals surface area contributed by atoms with Gasteiger partial charge in [0.1, 0.15) is 22.3 Å². The molecule has 3 aromatic carbocycles. The van der Waals surface area contributed by atoms with Gasteiger partial charge in [-0.2, -0.15) is 18.3 Å². The van der Waals surface area contributed by atoms with Crippen LogP contribution in [-0.2, 0) is 11.0 Å². The lowest BCUT2D eigenvalue weighted by molar-refractivity contribution is -0.137. The fraction of sp³-hybridized carbons (Fsp3) is 0.115. The van der Waals surface area contributed by atoms with Crippen molar-refractivity contribution in [2.24, 2.45) is 0 Å². The van der Waals surface area contributed by atoms with E-state index in [4.69, 9.17) is 0 Å². The van der Waals surface area contributed by atoms with Gasteiger partial charge in [-0.3, -0.25) is 9.59 Å². The lowest BCUT2D eigenvalue weighted by atomic mass is 9.83. The lowest BCUT2D eigenvalue weighted by Gasteiger charge is -2.32. The number of aromatic nitrogens is 2. The van der Waals surface area contributed by atoms with Crippen LogP contribution in [0.4, 0.5) is 23.4 Å². The molecule has 0 saturated heterocycles. The summed E-state index contributed by atoms with van der Waals surface area (Å²) in [4.78, 5) is 26.4. The van der Waals surface area contributed by atoms with E-state index in [1.54, 1.807) is 24.3 Å². The van der Waals surface area contributed by atoms with Crippen molar-refractivity contribution in [1.82, 2.24) is 15.1 Å². The molecule has 2 amide bonds. The molecular formula is C26H17BrF4N4O2. The summed E-state index contributed by atoms with van der Waals surface area (Å²) in [7, 11) is 0. The van der Waals surface area contributed by atoms with E-state index >= 15 is 0 Å². The Kier molecular flexibility index (Phi) is 6.32. The van der Waals surface area contributed by atoms with Crippen LogP contribution in [0.15, 0.2) is 83.5 Å². The van der Waals surface area contributed by atoms with Crippen LogP contribution in [0.5, 0.6) is 0 Å². The fourth-order valence-electron chi connectivity index (χ4n) is 4.31. The van der Waals surface area contributed by atoms with E-state index < -0.39 is 41.3 Å². The molecule has 1 aromatic heterocycles. The maximum absolute atomic E-state index is 13.7. The Morgan fingerprint density at radius 1 is 1.00 bits per heavy atom. The number of halogens is 5. The van der Waals surface area contributed by atoms with E-state index in [2.05, 4.69) is 31.7 Å². The molecule has 2 N–H and O–H groups in total. The third-order valence-electron chi connectivity index (χ3n) is 6.01. The quantitative estimate of drug-likeness (QED) is 0.309. The van der Waals surface area contributed by atoms with E-state index in [-0.39, 0.29) is 5.56 Å². The molecule has 0 aliphatic carbocycles. The Morgan fingerprint density at radius 2 is 1.70 bits per heavy atom. The van der Waals surface area contributed by atoms with Gasteiger partial charge in [-0.1, -0.05) is 36.4 Å². The van der Waals surface area contributed by atoms with Crippen LogP contribution in [0.25, 0.3) is 5.69 Å². The molecule has 11 heteroatoms. The van der Waals surface area contributed by atoms with Crippen LogP contribution in [0.3, 0.4) is 0 Å². The third kappa shape index (κ3) is 4.74. The first-order valence-corrected chi connectivity index (χ1v) is 11.8. The number of carbonyl (C=O) groups excluding carboxylic acids is 2. The van der Waals surface area contributed by atoms with Gasteiger partial charge in [0.25, 0.3) is 5.91 Å². The van der Waals surface area contributed by atoms with Gasteiger partial charge in [-0.05, 0) is 64.0 Å². The van der Waals surface area contributed by atoms with Crippen LogP contribution >= 0.6 is 15.9 Å². The van der Waals surface area contributed by atoms with Gasteiger partial charge >= 0.3 is 6.18 Å². The third-order valence-corrected chi connectivity index (χ3v) is 6.60. The van der Waals surface area contributed by atoms with Crippen molar-refractivity contribution in [2.75, 3.05) is 5.32 Å².